The van der Waals surface area contributed by atoms with Gasteiger partial charge in [0.2, 0.25) is 5.95 Å². The molecule has 1 aliphatic heterocycles. The summed E-state index contributed by atoms with van der Waals surface area (Å²) < 4.78 is 0. The average molecular weight is 413 g/mol. The van der Waals surface area contributed by atoms with Crippen LogP contribution in [0.15, 0.2) is 66.9 Å². The molecule has 5 rings (SSSR count). The topological polar surface area (TPSA) is 58.1 Å². The number of carbonyl (C=O) groups excluding carboxylic acids is 1. The Morgan fingerprint density at radius 1 is 1.06 bits per heavy atom. The summed E-state index contributed by atoms with van der Waals surface area (Å²) in [4.78, 5) is 24.6. The zero-order valence-corrected chi connectivity index (χ0v) is 17.9. The van der Waals surface area contributed by atoms with E-state index in [-0.39, 0.29) is 11.9 Å². The van der Waals surface area contributed by atoms with Crippen LogP contribution >= 0.6 is 0 Å². The number of piperidine rings is 1. The zero-order chi connectivity index (χ0) is 21.3. The maximum absolute atomic E-state index is 13.8. The lowest BCUT2D eigenvalue weighted by Gasteiger charge is -2.40. The highest BCUT2D eigenvalue weighted by atomic mass is 16.2. The highest BCUT2D eigenvalue weighted by molar-refractivity contribution is 6.01. The normalized spacial score (nSPS) is 19.3. The van der Waals surface area contributed by atoms with Crippen LogP contribution in [0, 0.1) is 12.3 Å². The molecule has 0 unspecified atom stereocenters. The van der Waals surface area contributed by atoms with Crippen LogP contribution in [0.4, 0.5) is 5.95 Å². The van der Waals surface area contributed by atoms with Crippen molar-refractivity contribution in [3.8, 4) is 11.1 Å². The van der Waals surface area contributed by atoms with Crippen molar-refractivity contribution in [1.82, 2.24) is 14.9 Å². The van der Waals surface area contributed by atoms with Gasteiger partial charge in [0.15, 0.2) is 0 Å². The second-order valence-electron chi connectivity index (χ2n) is 8.92. The van der Waals surface area contributed by atoms with Crippen LogP contribution in [0.2, 0.25) is 0 Å². The molecule has 158 valence electrons. The minimum atomic E-state index is 0.118. The van der Waals surface area contributed by atoms with E-state index in [0.29, 0.717) is 17.9 Å². The number of anilines is 1. The fourth-order valence-electron chi connectivity index (χ4n) is 4.77. The predicted octanol–water partition coefficient (Wildman–Crippen LogP) is 4.95. The molecule has 1 spiro atoms. The molecule has 1 amide bonds. The van der Waals surface area contributed by atoms with Crippen molar-refractivity contribution in [2.75, 3.05) is 18.4 Å². The molecule has 1 saturated carbocycles. The third-order valence-electron chi connectivity index (χ3n) is 6.74. The third kappa shape index (κ3) is 4.18. The lowest BCUT2D eigenvalue weighted by molar-refractivity contribution is 0.0546. The second kappa shape index (κ2) is 8.14. The molecule has 0 radical (unpaired) electrons. The van der Waals surface area contributed by atoms with Gasteiger partial charge in [-0.25, -0.2) is 9.97 Å². The number of amides is 1. The Morgan fingerprint density at radius 3 is 2.61 bits per heavy atom. The van der Waals surface area contributed by atoms with E-state index < -0.39 is 0 Å². The Labute approximate surface area is 183 Å². The van der Waals surface area contributed by atoms with Crippen LogP contribution < -0.4 is 5.32 Å². The van der Waals surface area contributed by atoms with Crippen LogP contribution in [0.5, 0.6) is 0 Å². The Morgan fingerprint density at radius 2 is 1.84 bits per heavy atom. The van der Waals surface area contributed by atoms with Gasteiger partial charge in [0.25, 0.3) is 5.91 Å². The number of hydrogen-bond donors (Lipinski definition) is 1. The molecule has 2 aliphatic rings. The number of likely N-dealkylation sites (tertiary alicyclic amines) is 1. The molecule has 5 heteroatoms. The van der Waals surface area contributed by atoms with Crippen molar-refractivity contribution in [3.63, 3.8) is 0 Å². The van der Waals surface area contributed by atoms with Gasteiger partial charge in [0.1, 0.15) is 0 Å². The van der Waals surface area contributed by atoms with Gasteiger partial charge in [0.05, 0.1) is 0 Å². The number of benzene rings is 2. The molecule has 5 nitrogen and oxygen atoms in total. The van der Waals surface area contributed by atoms with Crippen molar-refractivity contribution in [2.45, 2.75) is 38.6 Å². The van der Waals surface area contributed by atoms with E-state index in [2.05, 4.69) is 32.3 Å². The van der Waals surface area contributed by atoms with Crippen molar-refractivity contribution in [3.05, 3.63) is 78.1 Å². The second-order valence-corrected chi connectivity index (χ2v) is 8.92. The van der Waals surface area contributed by atoms with E-state index in [0.717, 1.165) is 41.8 Å². The summed E-state index contributed by atoms with van der Waals surface area (Å²) in [5.41, 5.74) is 4.22. The summed E-state index contributed by atoms with van der Waals surface area (Å²) in [6.45, 7) is 3.44. The molecule has 2 heterocycles. The Hall–Kier alpha value is -3.21. The van der Waals surface area contributed by atoms with Gasteiger partial charge < -0.3 is 10.2 Å². The van der Waals surface area contributed by atoms with Crippen molar-refractivity contribution in [1.29, 1.82) is 0 Å². The summed E-state index contributed by atoms with van der Waals surface area (Å²) in [5, 5.41) is 3.39. The molecular formula is C26H28N4O. The molecule has 1 aliphatic carbocycles. The van der Waals surface area contributed by atoms with Crippen LogP contribution in [-0.2, 0) is 0 Å². The predicted molar refractivity (Wildman–Crippen MR) is 123 cm³/mol. The fraction of sp³-hybridized carbons (Fsp3) is 0.346. The molecule has 2 fully saturated rings. The summed E-state index contributed by atoms with van der Waals surface area (Å²) in [5.74, 6) is 0.749. The Kier molecular flexibility index (Phi) is 5.18. The van der Waals surface area contributed by atoms with Gasteiger partial charge in [-0.05, 0) is 61.3 Å². The van der Waals surface area contributed by atoms with Gasteiger partial charge in [-0.2, -0.15) is 0 Å². The molecule has 0 bridgehead atoms. The number of aromatic nitrogens is 2. The minimum absolute atomic E-state index is 0.118. The summed E-state index contributed by atoms with van der Waals surface area (Å²) in [7, 11) is 0. The molecule has 1 atom stereocenters. The molecule has 1 N–H and O–H groups in total. The van der Waals surface area contributed by atoms with Gasteiger partial charge >= 0.3 is 0 Å². The quantitative estimate of drug-likeness (QED) is 0.644. The standard InChI is InChI=1S/C26H28N4O/c1-19-11-15-27-25(29-19)28-18-21-17-26(12-13-26)14-16-30(21)24(31)23-10-6-5-9-22(23)20-7-3-2-4-8-20/h2-11,15,21H,12-14,16-18H2,1H3,(H,27,28,29)/t21-/m0/s1. The van der Waals surface area contributed by atoms with E-state index in [1.807, 2.05) is 55.5 Å². The van der Waals surface area contributed by atoms with E-state index in [4.69, 9.17) is 0 Å². The first kappa shape index (κ1) is 19.7. The molecule has 2 aromatic carbocycles. The van der Waals surface area contributed by atoms with E-state index in [1.54, 1.807) is 6.20 Å². The average Bonchev–Trinajstić information content (AvgIpc) is 3.56. The SMILES string of the molecule is Cc1ccnc(NC[C@@H]2CC3(CCN2C(=O)c2ccccc2-c2ccccc2)CC3)n1. The Bertz CT molecular complexity index is 1080. The number of nitrogens with zero attached hydrogens (tertiary/aromatic N) is 3. The van der Waals surface area contributed by atoms with E-state index in [9.17, 15) is 4.79 Å². The summed E-state index contributed by atoms with van der Waals surface area (Å²) >= 11 is 0. The van der Waals surface area contributed by atoms with E-state index in [1.165, 1.54) is 12.8 Å². The smallest absolute Gasteiger partial charge is 0.254 e. The number of carbonyl (C=O) groups is 1. The number of aryl methyl sites for hydroxylation is 1. The molecule has 31 heavy (non-hydrogen) atoms. The van der Waals surface area contributed by atoms with Crippen LogP contribution in [0.1, 0.15) is 41.7 Å². The highest BCUT2D eigenvalue weighted by Gasteiger charge is 2.49. The van der Waals surface area contributed by atoms with Crippen LogP contribution in [-0.4, -0.2) is 39.9 Å². The lowest BCUT2D eigenvalue weighted by Crippen LogP contribution is -2.50. The van der Waals surface area contributed by atoms with E-state index >= 15 is 0 Å². The first-order valence-electron chi connectivity index (χ1n) is 11.1. The van der Waals surface area contributed by atoms with Crippen molar-refractivity contribution >= 4 is 11.9 Å². The third-order valence-corrected chi connectivity index (χ3v) is 6.74. The van der Waals surface area contributed by atoms with Crippen LogP contribution in [0.3, 0.4) is 0 Å². The maximum Gasteiger partial charge on any atom is 0.254 e. The Balaban J connectivity index is 1.40. The summed E-state index contributed by atoms with van der Waals surface area (Å²) in [6.07, 6.45) is 6.49. The highest BCUT2D eigenvalue weighted by Crippen LogP contribution is 2.55. The fourth-order valence-corrected chi connectivity index (χ4v) is 4.77. The number of hydrogen-bond acceptors (Lipinski definition) is 4. The minimum Gasteiger partial charge on any atom is -0.352 e. The van der Waals surface area contributed by atoms with Crippen molar-refractivity contribution in [2.24, 2.45) is 5.41 Å². The zero-order valence-electron chi connectivity index (χ0n) is 17.9. The van der Waals surface area contributed by atoms with Crippen LogP contribution in [0.25, 0.3) is 11.1 Å². The first-order valence-corrected chi connectivity index (χ1v) is 11.1. The number of nitrogens with one attached hydrogen (secondary N) is 1. The van der Waals surface area contributed by atoms with Gasteiger partial charge in [-0.3, -0.25) is 4.79 Å². The van der Waals surface area contributed by atoms with Gasteiger partial charge in [-0.15, -0.1) is 0 Å². The molecule has 3 aromatic rings. The monoisotopic (exact) mass is 412 g/mol. The largest absolute Gasteiger partial charge is 0.352 e. The lowest BCUT2D eigenvalue weighted by atomic mass is 9.87. The first-order chi connectivity index (χ1) is 15.1. The number of rotatable bonds is 5. The maximum atomic E-state index is 13.8. The molecular weight excluding hydrogens is 384 g/mol. The molecule has 1 aromatic heterocycles. The summed E-state index contributed by atoms with van der Waals surface area (Å²) in [6, 6.07) is 20.2. The molecule has 1 saturated heterocycles. The van der Waals surface area contributed by atoms with Gasteiger partial charge in [0, 0.05) is 36.6 Å². The van der Waals surface area contributed by atoms with Gasteiger partial charge in [-0.1, -0.05) is 48.5 Å². The van der Waals surface area contributed by atoms with Crippen molar-refractivity contribution < 1.29 is 4.79 Å².